The molecule has 5 heteroatoms. The Morgan fingerprint density at radius 2 is 2.00 bits per heavy atom. The summed E-state index contributed by atoms with van der Waals surface area (Å²) in [7, 11) is 0. The van der Waals surface area contributed by atoms with Gasteiger partial charge in [0, 0.05) is 15.8 Å². The van der Waals surface area contributed by atoms with Crippen LogP contribution in [0.4, 0.5) is 21.5 Å². The van der Waals surface area contributed by atoms with Crippen LogP contribution in [0.25, 0.3) is 0 Å². The van der Waals surface area contributed by atoms with Gasteiger partial charge in [-0.15, -0.1) is 0 Å². The summed E-state index contributed by atoms with van der Waals surface area (Å²) in [6.45, 7) is 0. The molecule has 0 saturated carbocycles. The Kier molecular flexibility index (Phi) is 3.49. The monoisotopic (exact) mass is 305 g/mol. The van der Waals surface area contributed by atoms with Gasteiger partial charge in [-0.3, -0.25) is 0 Å². The number of nitrogens with zero attached hydrogens (tertiary/aromatic N) is 1. The van der Waals surface area contributed by atoms with E-state index in [2.05, 4.69) is 21.2 Å². The Morgan fingerprint density at radius 3 is 2.61 bits per heavy atom. The minimum absolute atomic E-state index is 0.349. The van der Waals surface area contributed by atoms with Crippen molar-refractivity contribution in [3.63, 3.8) is 0 Å². The van der Waals surface area contributed by atoms with Crippen LogP contribution in [0.1, 0.15) is 5.56 Å². The fourth-order valence-electron chi connectivity index (χ4n) is 1.53. The minimum Gasteiger partial charge on any atom is -0.399 e. The molecule has 0 heterocycles. The highest BCUT2D eigenvalue weighted by atomic mass is 79.9. The van der Waals surface area contributed by atoms with Gasteiger partial charge in [-0.1, -0.05) is 0 Å². The van der Waals surface area contributed by atoms with Gasteiger partial charge in [0.25, 0.3) is 0 Å². The summed E-state index contributed by atoms with van der Waals surface area (Å²) in [6, 6.07) is 11.4. The molecule has 0 aliphatic carbocycles. The second-order valence-electron chi connectivity index (χ2n) is 3.70. The number of anilines is 3. The van der Waals surface area contributed by atoms with E-state index in [0.717, 1.165) is 10.2 Å². The SMILES string of the molecule is N#Cc1ccc(Nc2cc(N)cc(F)c2)c(Br)c1. The third-order valence-electron chi connectivity index (χ3n) is 2.30. The summed E-state index contributed by atoms with van der Waals surface area (Å²) in [6.07, 6.45) is 0. The zero-order chi connectivity index (χ0) is 13.1. The molecule has 3 nitrogen and oxygen atoms in total. The average molecular weight is 306 g/mol. The van der Waals surface area contributed by atoms with Gasteiger partial charge in [-0.25, -0.2) is 4.39 Å². The molecule has 0 spiro atoms. The molecule has 18 heavy (non-hydrogen) atoms. The Balaban J connectivity index is 2.31. The van der Waals surface area contributed by atoms with Crippen LogP contribution in [0, 0.1) is 17.1 Å². The van der Waals surface area contributed by atoms with E-state index in [-0.39, 0.29) is 0 Å². The molecule has 2 rings (SSSR count). The number of nitrogen functional groups attached to an aromatic ring is 1. The summed E-state index contributed by atoms with van der Waals surface area (Å²) < 4.78 is 13.9. The fourth-order valence-corrected chi connectivity index (χ4v) is 2.00. The maximum absolute atomic E-state index is 13.2. The standard InChI is InChI=1S/C13H9BrFN3/c14-12-3-8(7-16)1-2-13(12)18-11-5-9(15)4-10(17)6-11/h1-6,18H,17H2. The van der Waals surface area contributed by atoms with Crippen LogP contribution in [-0.4, -0.2) is 0 Å². The van der Waals surface area contributed by atoms with Crippen LogP contribution in [0.2, 0.25) is 0 Å². The molecular formula is C13H9BrFN3. The zero-order valence-electron chi connectivity index (χ0n) is 9.24. The van der Waals surface area contributed by atoms with E-state index >= 15 is 0 Å². The van der Waals surface area contributed by atoms with E-state index in [9.17, 15) is 4.39 Å². The lowest BCUT2D eigenvalue weighted by atomic mass is 10.2. The second kappa shape index (κ2) is 5.07. The highest BCUT2D eigenvalue weighted by Crippen LogP contribution is 2.28. The van der Waals surface area contributed by atoms with Gasteiger partial charge in [-0.2, -0.15) is 5.26 Å². The van der Waals surface area contributed by atoms with Crippen molar-refractivity contribution in [2.24, 2.45) is 0 Å². The molecular weight excluding hydrogens is 297 g/mol. The summed E-state index contributed by atoms with van der Waals surface area (Å²) >= 11 is 3.34. The second-order valence-corrected chi connectivity index (χ2v) is 4.56. The van der Waals surface area contributed by atoms with Gasteiger partial charge in [0.2, 0.25) is 0 Å². The molecule has 0 amide bonds. The number of halogens is 2. The molecule has 90 valence electrons. The Bertz CT molecular complexity index is 614. The van der Waals surface area contributed by atoms with Gasteiger partial charge < -0.3 is 11.1 Å². The summed E-state index contributed by atoms with van der Waals surface area (Å²) in [4.78, 5) is 0. The van der Waals surface area contributed by atoms with Crippen LogP contribution < -0.4 is 11.1 Å². The van der Waals surface area contributed by atoms with Crippen LogP contribution in [-0.2, 0) is 0 Å². The number of nitrogens with two attached hydrogens (primary N) is 1. The number of rotatable bonds is 2. The van der Waals surface area contributed by atoms with Crippen LogP contribution in [0.5, 0.6) is 0 Å². The summed E-state index contributed by atoms with van der Waals surface area (Å²) in [5.41, 5.74) is 7.75. The Labute approximate surface area is 112 Å². The smallest absolute Gasteiger partial charge is 0.127 e. The first-order chi connectivity index (χ1) is 8.58. The predicted molar refractivity (Wildman–Crippen MR) is 73.0 cm³/mol. The number of hydrogen-bond acceptors (Lipinski definition) is 3. The van der Waals surface area contributed by atoms with Gasteiger partial charge in [-0.05, 0) is 52.3 Å². The van der Waals surface area contributed by atoms with E-state index < -0.39 is 5.82 Å². The molecule has 3 N–H and O–H groups in total. The van der Waals surface area contributed by atoms with E-state index in [1.165, 1.54) is 12.1 Å². The first-order valence-electron chi connectivity index (χ1n) is 5.11. The molecule has 0 saturated heterocycles. The lowest BCUT2D eigenvalue weighted by Gasteiger charge is -2.09. The van der Waals surface area contributed by atoms with E-state index in [0.29, 0.717) is 16.9 Å². The summed E-state index contributed by atoms with van der Waals surface area (Å²) in [5, 5.41) is 11.8. The van der Waals surface area contributed by atoms with Crippen LogP contribution in [0.3, 0.4) is 0 Å². The first kappa shape index (κ1) is 12.4. The largest absolute Gasteiger partial charge is 0.399 e. The topological polar surface area (TPSA) is 61.8 Å². The Hall–Kier alpha value is -2.06. The van der Waals surface area contributed by atoms with Crippen LogP contribution in [0.15, 0.2) is 40.9 Å². The normalized spacial score (nSPS) is 9.83. The lowest BCUT2D eigenvalue weighted by molar-refractivity contribution is 0.629. The number of hydrogen-bond donors (Lipinski definition) is 2. The number of nitrogens with one attached hydrogen (secondary N) is 1. The first-order valence-corrected chi connectivity index (χ1v) is 5.90. The average Bonchev–Trinajstić information content (AvgIpc) is 2.30. The molecule has 0 aromatic heterocycles. The maximum atomic E-state index is 13.2. The van der Waals surface area contributed by atoms with Gasteiger partial charge in [0.05, 0.1) is 17.3 Å². The molecule has 0 atom stereocenters. The molecule has 0 unspecified atom stereocenters. The van der Waals surface area contributed by atoms with Crippen molar-refractivity contribution < 1.29 is 4.39 Å². The van der Waals surface area contributed by atoms with Crippen molar-refractivity contribution in [2.45, 2.75) is 0 Å². The molecule has 0 bridgehead atoms. The zero-order valence-corrected chi connectivity index (χ0v) is 10.8. The summed E-state index contributed by atoms with van der Waals surface area (Å²) in [5.74, 6) is -0.401. The third kappa shape index (κ3) is 2.79. The van der Waals surface area contributed by atoms with Crippen molar-refractivity contribution >= 4 is 33.0 Å². The van der Waals surface area contributed by atoms with Crippen molar-refractivity contribution in [1.82, 2.24) is 0 Å². The molecule has 2 aromatic rings. The van der Waals surface area contributed by atoms with Crippen molar-refractivity contribution in [3.05, 3.63) is 52.3 Å². The van der Waals surface area contributed by atoms with Crippen molar-refractivity contribution in [2.75, 3.05) is 11.1 Å². The fraction of sp³-hybridized carbons (Fsp3) is 0. The molecule has 2 aromatic carbocycles. The quantitative estimate of drug-likeness (QED) is 0.830. The van der Waals surface area contributed by atoms with Crippen molar-refractivity contribution in [3.8, 4) is 6.07 Å². The minimum atomic E-state index is -0.401. The van der Waals surface area contributed by atoms with E-state index in [4.69, 9.17) is 11.0 Å². The van der Waals surface area contributed by atoms with E-state index in [1.807, 2.05) is 6.07 Å². The number of benzene rings is 2. The van der Waals surface area contributed by atoms with Gasteiger partial charge in [0.15, 0.2) is 0 Å². The lowest BCUT2D eigenvalue weighted by Crippen LogP contribution is -1.95. The molecule has 0 aliphatic heterocycles. The molecule has 0 radical (unpaired) electrons. The predicted octanol–water partition coefficient (Wildman–Crippen LogP) is 3.79. The highest BCUT2D eigenvalue weighted by molar-refractivity contribution is 9.10. The highest BCUT2D eigenvalue weighted by Gasteiger charge is 2.03. The van der Waals surface area contributed by atoms with Crippen molar-refractivity contribution in [1.29, 1.82) is 5.26 Å². The van der Waals surface area contributed by atoms with Gasteiger partial charge >= 0.3 is 0 Å². The Morgan fingerprint density at radius 1 is 1.22 bits per heavy atom. The third-order valence-corrected chi connectivity index (χ3v) is 2.95. The van der Waals surface area contributed by atoms with Gasteiger partial charge in [0.1, 0.15) is 5.82 Å². The molecule has 0 fully saturated rings. The molecule has 0 aliphatic rings. The number of nitriles is 1. The van der Waals surface area contributed by atoms with E-state index in [1.54, 1.807) is 24.3 Å². The van der Waals surface area contributed by atoms with Crippen LogP contribution >= 0.6 is 15.9 Å². The maximum Gasteiger partial charge on any atom is 0.127 e.